The second-order valence-corrected chi connectivity index (χ2v) is 5.55. The van der Waals surface area contributed by atoms with Crippen molar-refractivity contribution in [1.82, 2.24) is 4.90 Å². The summed E-state index contributed by atoms with van der Waals surface area (Å²) in [5, 5.41) is 0. The van der Waals surface area contributed by atoms with Crippen molar-refractivity contribution < 1.29 is 9.53 Å². The smallest absolute Gasteiger partial charge is 0.254 e. The van der Waals surface area contributed by atoms with Crippen molar-refractivity contribution in [1.29, 1.82) is 0 Å². The van der Waals surface area contributed by atoms with E-state index in [1.807, 2.05) is 29.2 Å². The Morgan fingerprint density at radius 2 is 2.10 bits per heavy atom. The van der Waals surface area contributed by atoms with E-state index in [-0.39, 0.29) is 11.9 Å². The lowest BCUT2D eigenvalue weighted by atomic mass is 9.90. The minimum absolute atomic E-state index is 0.0935. The van der Waals surface area contributed by atoms with E-state index in [9.17, 15) is 4.79 Å². The summed E-state index contributed by atoms with van der Waals surface area (Å²) in [5.74, 6) is 0.571. The van der Waals surface area contributed by atoms with Crippen molar-refractivity contribution in [2.45, 2.75) is 32.4 Å². The van der Waals surface area contributed by atoms with E-state index in [0.29, 0.717) is 19.1 Å². The Morgan fingerprint density at radius 3 is 2.70 bits per heavy atom. The molecule has 0 bridgehead atoms. The molecule has 4 nitrogen and oxygen atoms in total. The molecule has 1 aromatic rings. The minimum Gasteiger partial charge on any atom is -0.380 e. The molecular formula is C16H24N2O2. The third kappa shape index (κ3) is 3.19. The number of hydrogen-bond acceptors (Lipinski definition) is 3. The second-order valence-electron chi connectivity index (χ2n) is 5.55. The molecule has 1 amide bonds. The SMILES string of the molecule is COCc1ccc(C(=O)N2CCC[C@H](C)[C@@H]2CN)cc1. The van der Waals surface area contributed by atoms with Crippen molar-refractivity contribution in [3.05, 3.63) is 35.4 Å². The van der Waals surface area contributed by atoms with E-state index in [4.69, 9.17) is 10.5 Å². The highest BCUT2D eigenvalue weighted by Gasteiger charge is 2.31. The van der Waals surface area contributed by atoms with E-state index < -0.39 is 0 Å². The minimum atomic E-state index is 0.0935. The Balaban J connectivity index is 2.12. The van der Waals surface area contributed by atoms with Gasteiger partial charge in [0.15, 0.2) is 0 Å². The summed E-state index contributed by atoms with van der Waals surface area (Å²) >= 11 is 0. The molecule has 1 aliphatic rings. The third-order valence-corrected chi connectivity index (χ3v) is 4.13. The predicted molar refractivity (Wildman–Crippen MR) is 79.4 cm³/mol. The number of nitrogens with two attached hydrogens (primary N) is 1. The lowest BCUT2D eigenvalue weighted by Crippen LogP contribution is -2.51. The average molecular weight is 276 g/mol. The highest BCUT2D eigenvalue weighted by molar-refractivity contribution is 5.94. The van der Waals surface area contributed by atoms with Crippen LogP contribution in [0.4, 0.5) is 0 Å². The standard InChI is InChI=1S/C16H24N2O2/c1-12-4-3-9-18(15(12)10-17)16(19)14-7-5-13(6-8-14)11-20-2/h5-8,12,15H,3-4,9-11,17H2,1-2H3/t12-,15-/m0/s1. The maximum atomic E-state index is 12.6. The molecule has 2 atom stereocenters. The van der Waals surface area contributed by atoms with Crippen LogP contribution in [-0.4, -0.2) is 37.0 Å². The molecule has 1 heterocycles. The van der Waals surface area contributed by atoms with Gasteiger partial charge >= 0.3 is 0 Å². The first-order chi connectivity index (χ1) is 9.67. The largest absolute Gasteiger partial charge is 0.380 e. The monoisotopic (exact) mass is 276 g/mol. The number of carbonyl (C=O) groups excluding carboxylic acids is 1. The molecule has 4 heteroatoms. The summed E-state index contributed by atoms with van der Waals surface area (Å²) in [6, 6.07) is 7.81. The van der Waals surface area contributed by atoms with Crippen LogP contribution in [-0.2, 0) is 11.3 Å². The number of likely N-dealkylation sites (tertiary alicyclic amines) is 1. The van der Waals surface area contributed by atoms with Crippen LogP contribution >= 0.6 is 0 Å². The summed E-state index contributed by atoms with van der Waals surface area (Å²) in [6.07, 6.45) is 2.21. The number of methoxy groups -OCH3 is 1. The predicted octanol–water partition coefficient (Wildman–Crippen LogP) is 2.03. The number of nitrogens with zero attached hydrogens (tertiary/aromatic N) is 1. The number of benzene rings is 1. The summed E-state index contributed by atoms with van der Waals surface area (Å²) in [5.41, 5.74) is 7.66. The van der Waals surface area contributed by atoms with Crippen molar-refractivity contribution in [3.8, 4) is 0 Å². The Bertz CT molecular complexity index is 444. The van der Waals surface area contributed by atoms with Gasteiger partial charge in [0.25, 0.3) is 5.91 Å². The molecule has 0 saturated carbocycles. The zero-order valence-electron chi connectivity index (χ0n) is 12.3. The molecule has 1 saturated heterocycles. The second kappa shape index (κ2) is 6.86. The summed E-state index contributed by atoms with van der Waals surface area (Å²) in [7, 11) is 1.67. The quantitative estimate of drug-likeness (QED) is 0.915. The van der Waals surface area contributed by atoms with Crippen LogP contribution in [0.2, 0.25) is 0 Å². The number of amides is 1. The van der Waals surface area contributed by atoms with Crippen LogP contribution in [0.3, 0.4) is 0 Å². The van der Waals surface area contributed by atoms with Crippen LogP contribution in [0.15, 0.2) is 24.3 Å². The number of rotatable bonds is 4. The molecule has 1 aliphatic heterocycles. The van der Waals surface area contributed by atoms with Crippen LogP contribution in [0.1, 0.15) is 35.7 Å². The van der Waals surface area contributed by atoms with E-state index in [1.165, 1.54) is 0 Å². The van der Waals surface area contributed by atoms with Gasteiger partial charge in [-0.15, -0.1) is 0 Å². The van der Waals surface area contributed by atoms with E-state index in [0.717, 1.165) is 30.5 Å². The van der Waals surface area contributed by atoms with Gasteiger partial charge in [-0.3, -0.25) is 4.79 Å². The molecule has 0 aromatic heterocycles. The van der Waals surface area contributed by atoms with E-state index in [2.05, 4.69) is 6.92 Å². The Hall–Kier alpha value is -1.39. The van der Waals surface area contributed by atoms with Gasteiger partial charge in [0, 0.05) is 31.8 Å². The van der Waals surface area contributed by atoms with Gasteiger partial charge in [0.2, 0.25) is 0 Å². The average Bonchev–Trinajstić information content (AvgIpc) is 2.47. The Morgan fingerprint density at radius 1 is 1.40 bits per heavy atom. The molecular weight excluding hydrogens is 252 g/mol. The van der Waals surface area contributed by atoms with Gasteiger partial charge in [-0.05, 0) is 36.5 Å². The van der Waals surface area contributed by atoms with Gasteiger partial charge in [0.05, 0.1) is 6.61 Å². The topological polar surface area (TPSA) is 55.6 Å². The number of piperidine rings is 1. The first kappa shape index (κ1) is 15.0. The third-order valence-electron chi connectivity index (χ3n) is 4.13. The van der Waals surface area contributed by atoms with E-state index in [1.54, 1.807) is 7.11 Å². The van der Waals surface area contributed by atoms with Crippen LogP contribution < -0.4 is 5.73 Å². The van der Waals surface area contributed by atoms with Gasteiger partial charge < -0.3 is 15.4 Å². The van der Waals surface area contributed by atoms with Gasteiger partial charge in [-0.25, -0.2) is 0 Å². The molecule has 0 aliphatic carbocycles. The molecule has 0 radical (unpaired) electrons. The summed E-state index contributed by atoms with van der Waals surface area (Å²) in [6.45, 7) is 4.10. The maximum Gasteiger partial charge on any atom is 0.254 e. The van der Waals surface area contributed by atoms with Crippen LogP contribution in [0.25, 0.3) is 0 Å². The molecule has 20 heavy (non-hydrogen) atoms. The number of carbonyl (C=O) groups is 1. The highest BCUT2D eigenvalue weighted by atomic mass is 16.5. The fourth-order valence-electron chi connectivity index (χ4n) is 2.94. The molecule has 1 fully saturated rings. The molecule has 0 unspecified atom stereocenters. The zero-order valence-corrected chi connectivity index (χ0v) is 12.3. The summed E-state index contributed by atoms with van der Waals surface area (Å²) in [4.78, 5) is 14.6. The molecule has 110 valence electrons. The summed E-state index contributed by atoms with van der Waals surface area (Å²) < 4.78 is 5.08. The lowest BCUT2D eigenvalue weighted by Gasteiger charge is -2.39. The fraction of sp³-hybridized carbons (Fsp3) is 0.562. The first-order valence-corrected chi connectivity index (χ1v) is 7.26. The van der Waals surface area contributed by atoms with E-state index >= 15 is 0 Å². The maximum absolute atomic E-state index is 12.6. The number of hydrogen-bond donors (Lipinski definition) is 1. The van der Waals surface area contributed by atoms with Crippen LogP contribution in [0, 0.1) is 5.92 Å². The van der Waals surface area contributed by atoms with Crippen molar-refractivity contribution >= 4 is 5.91 Å². The van der Waals surface area contributed by atoms with Gasteiger partial charge in [0.1, 0.15) is 0 Å². The lowest BCUT2D eigenvalue weighted by molar-refractivity contribution is 0.0532. The molecule has 0 spiro atoms. The Labute approximate surface area is 120 Å². The highest BCUT2D eigenvalue weighted by Crippen LogP contribution is 2.24. The molecule has 2 N–H and O–H groups in total. The molecule has 1 aromatic carbocycles. The van der Waals surface area contributed by atoms with Crippen molar-refractivity contribution in [2.75, 3.05) is 20.2 Å². The van der Waals surface area contributed by atoms with Gasteiger partial charge in [-0.1, -0.05) is 19.1 Å². The number of ether oxygens (including phenoxy) is 1. The normalized spacial score (nSPS) is 22.9. The van der Waals surface area contributed by atoms with Gasteiger partial charge in [-0.2, -0.15) is 0 Å². The van der Waals surface area contributed by atoms with Crippen LogP contribution in [0.5, 0.6) is 0 Å². The van der Waals surface area contributed by atoms with Crippen molar-refractivity contribution in [2.24, 2.45) is 11.7 Å². The first-order valence-electron chi connectivity index (χ1n) is 7.26. The van der Waals surface area contributed by atoms with Crippen molar-refractivity contribution in [3.63, 3.8) is 0 Å². The fourth-order valence-corrected chi connectivity index (χ4v) is 2.94. The Kier molecular flexibility index (Phi) is 5.15. The zero-order chi connectivity index (χ0) is 14.5. The molecule has 2 rings (SSSR count).